The van der Waals surface area contributed by atoms with Crippen molar-refractivity contribution in [2.45, 2.75) is 31.1 Å². The first-order chi connectivity index (χ1) is 9.81. The van der Waals surface area contributed by atoms with E-state index in [4.69, 9.17) is 4.18 Å². The Morgan fingerprint density at radius 2 is 1.81 bits per heavy atom. The maximum absolute atomic E-state index is 12.1. The molecule has 3 fully saturated rings. The van der Waals surface area contributed by atoms with Crippen molar-refractivity contribution in [3.63, 3.8) is 0 Å². The minimum Gasteiger partial charge on any atom is -0.359 e. The van der Waals surface area contributed by atoms with Crippen molar-refractivity contribution in [2.24, 2.45) is 10.8 Å². The monoisotopic (exact) mass is 309 g/mol. The number of carbonyl (C=O) groups is 1. The van der Waals surface area contributed by atoms with Gasteiger partial charge in [-0.15, -0.1) is 0 Å². The third-order valence-corrected chi connectivity index (χ3v) is 5.96. The van der Waals surface area contributed by atoms with Gasteiger partial charge in [0.25, 0.3) is 10.1 Å². The third kappa shape index (κ3) is 2.26. The van der Waals surface area contributed by atoms with Gasteiger partial charge in [0, 0.05) is 7.05 Å². The molecule has 0 heterocycles. The van der Waals surface area contributed by atoms with Crippen molar-refractivity contribution in [1.82, 2.24) is 5.32 Å². The Kier molecular flexibility index (Phi) is 3.15. The lowest BCUT2D eigenvalue weighted by Gasteiger charge is -2.68. The van der Waals surface area contributed by atoms with E-state index in [9.17, 15) is 13.2 Å². The molecule has 2 bridgehead atoms. The number of nitrogens with one attached hydrogen (secondary N) is 1. The highest BCUT2D eigenvalue weighted by Gasteiger charge is 2.71. The van der Waals surface area contributed by atoms with E-state index in [2.05, 4.69) is 5.32 Å². The summed E-state index contributed by atoms with van der Waals surface area (Å²) in [5, 5.41) is 2.67. The molecule has 1 aromatic carbocycles. The second-order valence-electron chi connectivity index (χ2n) is 6.42. The second-order valence-corrected chi connectivity index (χ2v) is 8.03. The normalized spacial score (nSPS) is 30.2. The van der Waals surface area contributed by atoms with Crippen LogP contribution in [0.5, 0.6) is 0 Å². The number of amides is 1. The van der Waals surface area contributed by atoms with Crippen molar-refractivity contribution >= 4 is 16.0 Å². The topological polar surface area (TPSA) is 72.5 Å². The van der Waals surface area contributed by atoms with Gasteiger partial charge in [-0.2, -0.15) is 8.42 Å². The highest BCUT2D eigenvalue weighted by atomic mass is 32.2. The van der Waals surface area contributed by atoms with Gasteiger partial charge in [0.15, 0.2) is 0 Å². The minimum atomic E-state index is -3.71. The molecule has 3 saturated carbocycles. The van der Waals surface area contributed by atoms with Crippen LogP contribution in [-0.4, -0.2) is 28.0 Å². The van der Waals surface area contributed by atoms with Crippen LogP contribution in [-0.2, 0) is 19.1 Å². The summed E-state index contributed by atoms with van der Waals surface area (Å²) in [6, 6.07) is 6.60. The molecule has 1 N–H and O–H groups in total. The van der Waals surface area contributed by atoms with E-state index >= 15 is 0 Å². The number of rotatable bonds is 5. The quantitative estimate of drug-likeness (QED) is 0.839. The largest absolute Gasteiger partial charge is 0.359 e. The van der Waals surface area contributed by atoms with Gasteiger partial charge in [-0.1, -0.05) is 17.7 Å². The van der Waals surface area contributed by atoms with Crippen molar-refractivity contribution in [1.29, 1.82) is 0 Å². The van der Waals surface area contributed by atoms with E-state index < -0.39 is 10.1 Å². The molecular weight excluding hydrogens is 290 g/mol. The van der Waals surface area contributed by atoms with E-state index in [1.165, 1.54) is 0 Å². The van der Waals surface area contributed by atoms with Crippen LogP contribution in [0.15, 0.2) is 29.2 Å². The van der Waals surface area contributed by atoms with Crippen LogP contribution in [0.1, 0.15) is 24.8 Å². The summed E-state index contributed by atoms with van der Waals surface area (Å²) < 4.78 is 29.4. The van der Waals surface area contributed by atoms with Crippen LogP contribution in [0.4, 0.5) is 0 Å². The first-order valence-corrected chi connectivity index (χ1v) is 8.40. The molecule has 1 aromatic rings. The molecule has 0 unspecified atom stereocenters. The van der Waals surface area contributed by atoms with Gasteiger partial charge in [-0.25, -0.2) is 0 Å². The summed E-state index contributed by atoms with van der Waals surface area (Å²) in [5.41, 5.74) is 0.622. The average molecular weight is 309 g/mol. The SMILES string of the molecule is CNC(=O)C12CC(COS(=O)(=O)c3ccc(C)cc3)(C1)C2. The van der Waals surface area contributed by atoms with E-state index in [1.54, 1.807) is 31.3 Å². The predicted molar refractivity (Wildman–Crippen MR) is 77.1 cm³/mol. The van der Waals surface area contributed by atoms with Crippen LogP contribution in [0.25, 0.3) is 0 Å². The maximum Gasteiger partial charge on any atom is 0.296 e. The van der Waals surface area contributed by atoms with Gasteiger partial charge in [0.2, 0.25) is 5.91 Å². The zero-order valence-corrected chi connectivity index (χ0v) is 13.0. The number of aryl methyl sites for hydroxylation is 1. The molecule has 0 spiro atoms. The van der Waals surface area contributed by atoms with Crippen molar-refractivity contribution in [3.05, 3.63) is 29.8 Å². The first kappa shape index (κ1) is 14.5. The van der Waals surface area contributed by atoms with Crippen molar-refractivity contribution < 1.29 is 17.4 Å². The van der Waals surface area contributed by atoms with Crippen molar-refractivity contribution in [3.8, 4) is 0 Å². The van der Waals surface area contributed by atoms with E-state index in [-0.39, 0.29) is 28.2 Å². The summed E-state index contributed by atoms with van der Waals surface area (Å²) >= 11 is 0. The Labute approximate surface area is 124 Å². The molecule has 4 rings (SSSR count). The highest BCUT2D eigenvalue weighted by molar-refractivity contribution is 7.86. The van der Waals surface area contributed by atoms with Crippen LogP contribution >= 0.6 is 0 Å². The lowest BCUT2D eigenvalue weighted by Crippen LogP contribution is -2.69. The molecule has 3 aliphatic rings. The Morgan fingerprint density at radius 3 is 2.33 bits per heavy atom. The number of benzene rings is 1. The molecule has 0 saturated heterocycles. The molecule has 0 aromatic heterocycles. The number of hydrogen-bond acceptors (Lipinski definition) is 4. The summed E-state index contributed by atoms with van der Waals surface area (Å²) in [5.74, 6) is 0.0609. The molecular formula is C15H19NO4S. The molecule has 5 nitrogen and oxygen atoms in total. The molecule has 0 radical (unpaired) electrons. The zero-order chi connectivity index (χ0) is 15.3. The number of carbonyl (C=O) groups excluding carboxylic acids is 1. The van der Waals surface area contributed by atoms with Crippen LogP contribution in [0.3, 0.4) is 0 Å². The van der Waals surface area contributed by atoms with Crippen LogP contribution in [0, 0.1) is 17.8 Å². The lowest BCUT2D eigenvalue weighted by molar-refractivity contribution is -0.216. The smallest absolute Gasteiger partial charge is 0.296 e. The molecule has 0 atom stereocenters. The Hall–Kier alpha value is -1.40. The molecule has 114 valence electrons. The van der Waals surface area contributed by atoms with Gasteiger partial charge < -0.3 is 5.32 Å². The van der Waals surface area contributed by atoms with Gasteiger partial charge in [0.1, 0.15) is 0 Å². The fourth-order valence-corrected chi connectivity index (χ4v) is 4.64. The van der Waals surface area contributed by atoms with Gasteiger partial charge in [-0.3, -0.25) is 8.98 Å². The zero-order valence-electron chi connectivity index (χ0n) is 12.2. The fourth-order valence-electron chi connectivity index (χ4n) is 3.63. The summed E-state index contributed by atoms with van der Waals surface area (Å²) in [7, 11) is -2.08. The summed E-state index contributed by atoms with van der Waals surface area (Å²) in [6.07, 6.45) is 2.18. The molecule has 3 aliphatic carbocycles. The third-order valence-electron chi connectivity index (χ3n) is 4.68. The first-order valence-electron chi connectivity index (χ1n) is 6.99. The van der Waals surface area contributed by atoms with E-state index in [0.717, 1.165) is 24.8 Å². The van der Waals surface area contributed by atoms with Crippen LogP contribution < -0.4 is 5.32 Å². The molecule has 6 heteroatoms. The van der Waals surface area contributed by atoms with Crippen LogP contribution in [0.2, 0.25) is 0 Å². The van der Waals surface area contributed by atoms with E-state index in [0.29, 0.717) is 0 Å². The lowest BCUT2D eigenvalue weighted by atomic mass is 9.35. The average Bonchev–Trinajstić information content (AvgIpc) is 2.35. The molecule has 21 heavy (non-hydrogen) atoms. The Morgan fingerprint density at radius 1 is 1.24 bits per heavy atom. The van der Waals surface area contributed by atoms with Crippen molar-refractivity contribution in [2.75, 3.05) is 13.7 Å². The van der Waals surface area contributed by atoms with Gasteiger partial charge >= 0.3 is 0 Å². The Bertz CT molecular complexity index is 658. The second kappa shape index (κ2) is 4.55. The standard InChI is InChI=1S/C15H19NO4S/c1-11-3-5-12(6-4-11)21(18,19)20-10-14-7-15(8-14,9-14)13(17)16-2/h3-6H,7-10H2,1-2H3,(H,16,17). The predicted octanol–water partition coefficient (Wildman–Crippen LogP) is 1.62. The Balaban J connectivity index is 1.60. The highest BCUT2D eigenvalue weighted by Crippen LogP contribution is 2.73. The number of hydrogen-bond donors (Lipinski definition) is 1. The minimum absolute atomic E-state index is 0.0609. The fraction of sp³-hybridized carbons (Fsp3) is 0.533. The van der Waals surface area contributed by atoms with Gasteiger partial charge in [0.05, 0.1) is 16.9 Å². The van der Waals surface area contributed by atoms with Gasteiger partial charge in [-0.05, 0) is 43.7 Å². The molecule has 0 aliphatic heterocycles. The summed E-state index contributed by atoms with van der Waals surface area (Å²) in [6.45, 7) is 2.07. The van der Waals surface area contributed by atoms with E-state index in [1.807, 2.05) is 6.92 Å². The summed E-state index contributed by atoms with van der Waals surface area (Å²) in [4.78, 5) is 11.9. The maximum atomic E-state index is 12.1. The molecule has 1 amide bonds.